The molecular weight excluding hydrogens is 533 g/mol. The van der Waals surface area contributed by atoms with Gasteiger partial charge >= 0.3 is 0 Å². The molecule has 0 unspecified atom stereocenters. The third-order valence-corrected chi connectivity index (χ3v) is 8.34. The lowest BCUT2D eigenvalue weighted by Crippen LogP contribution is -2.45. The third-order valence-electron chi connectivity index (χ3n) is 6.71. The maximum Gasteiger partial charge on any atom is 0.274 e. The zero-order valence-electron chi connectivity index (χ0n) is 18.7. The molecule has 35 heavy (non-hydrogen) atoms. The van der Waals surface area contributed by atoms with Gasteiger partial charge in [0, 0.05) is 18.8 Å². The number of halogens is 2. The molecule has 7 nitrogen and oxygen atoms in total. The number of rotatable bonds is 5. The molecule has 178 valence electrons. The first-order valence-corrected chi connectivity index (χ1v) is 13.0. The van der Waals surface area contributed by atoms with Gasteiger partial charge in [0.15, 0.2) is 0 Å². The van der Waals surface area contributed by atoms with Crippen molar-refractivity contribution in [2.75, 3.05) is 6.54 Å². The second-order valence-corrected chi connectivity index (χ2v) is 11.0. The molecule has 3 aromatic heterocycles. The van der Waals surface area contributed by atoms with Crippen molar-refractivity contribution >= 4 is 44.7 Å². The average Bonchev–Trinajstić information content (AvgIpc) is 3.19. The molecule has 2 aliphatic rings. The van der Waals surface area contributed by atoms with Gasteiger partial charge in [0.2, 0.25) is 0 Å². The third kappa shape index (κ3) is 3.94. The molecule has 4 heterocycles. The molecule has 2 amide bonds. The van der Waals surface area contributed by atoms with Gasteiger partial charge in [0.1, 0.15) is 22.9 Å². The molecule has 1 N–H and O–H groups in total. The van der Waals surface area contributed by atoms with E-state index >= 15 is 0 Å². The van der Waals surface area contributed by atoms with Gasteiger partial charge in [-0.2, -0.15) is 0 Å². The van der Waals surface area contributed by atoms with Gasteiger partial charge in [-0.15, -0.1) is 11.3 Å². The monoisotopic (exact) mass is 553 g/mol. The fourth-order valence-electron chi connectivity index (χ4n) is 4.99. The van der Waals surface area contributed by atoms with Crippen LogP contribution in [0.5, 0.6) is 0 Å². The molecule has 0 bridgehead atoms. The van der Waals surface area contributed by atoms with Crippen LogP contribution < -0.4 is 5.32 Å². The Balaban J connectivity index is 1.23. The Morgan fingerprint density at radius 1 is 1.26 bits per heavy atom. The first kappa shape index (κ1) is 22.4. The highest BCUT2D eigenvalue weighted by molar-refractivity contribution is 9.10. The lowest BCUT2D eigenvalue weighted by atomic mass is 10.1. The Bertz CT molecular complexity index is 1480. The number of likely N-dealkylation sites (tertiary alicyclic amines) is 1. The van der Waals surface area contributed by atoms with Gasteiger partial charge in [0.05, 0.1) is 26.6 Å². The molecule has 1 aromatic carbocycles. The van der Waals surface area contributed by atoms with Crippen molar-refractivity contribution in [1.29, 1.82) is 0 Å². The summed E-state index contributed by atoms with van der Waals surface area (Å²) in [6.45, 7) is 2.22. The Hall–Kier alpha value is -3.11. The number of hydrogen-bond donors (Lipinski definition) is 1. The Morgan fingerprint density at radius 3 is 2.94 bits per heavy atom. The van der Waals surface area contributed by atoms with Crippen molar-refractivity contribution in [3.8, 4) is 10.4 Å². The molecule has 0 radical (unpaired) electrons. The summed E-state index contributed by atoms with van der Waals surface area (Å²) in [6, 6.07) is 10.4. The lowest BCUT2D eigenvalue weighted by Gasteiger charge is -2.27. The van der Waals surface area contributed by atoms with Crippen molar-refractivity contribution in [2.24, 2.45) is 5.92 Å². The molecule has 6 rings (SSSR count). The van der Waals surface area contributed by atoms with Crippen LogP contribution >= 0.6 is 27.3 Å². The number of benzene rings is 1. The molecule has 1 aliphatic heterocycles. The number of pyridine rings is 1. The molecule has 2 fully saturated rings. The molecule has 1 aliphatic carbocycles. The van der Waals surface area contributed by atoms with E-state index in [9.17, 15) is 14.0 Å². The number of hydrogen-bond acceptors (Lipinski definition) is 5. The molecule has 0 spiro atoms. The molecule has 1 saturated carbocycles. The predicted octanol–water partition coefficient (Wildman–Crippen LogP) is 4.70. The fourth-order valence-corrected chi connectivity index (χ4v) is 6.27. The maximum absolute atomic E-state index is 13.8. The van der Waals surface area contributed by atoms with Crippen LogP contribution in [0.1, 0.15) is 38.8 Å². The van der Waals surface area contributed by atoms with E-state index in [0.29, 0.717) is 34.0 Å². The van der Waals surface area contributed by atoms with Crippen LogP contribution in [0.4, 0.5) is 4.39 Å². The summed E-state index contributed by atoms with van der Waals surface area (Å²) in [5.74, 6) is -0.258. The average molecular weight is 554 g/mol. The number of aromatic nitrogens is 3. The molecule has 1 saturated heterocycles. The van der Waals surface area contributed by atoms with Gasteiger partial charge in [0.25, 0.3) is 11.8 Å². The Labute approximate surface area is 213 Å². The lowest BCUT2D eigenvalue weighted by molar-refractivity contribution is 0.0684. The van der Waals surface area contributed by atoms with Crippen LogP contribution in [0.3, 0.4) is 0 Å². The molecule has 3 atom stereocenters. The second kappa shape index (κ2) is 8.53. The number of carbonyl (C=O) groups is 2. The number of amides is 2. The first-order chi connectivity index (χ1) is 16.9. The minimum absolute atomic E-state index is 0.107. The number of thiazole rings is 1. The predicted molar refractivity (Wildman–Crippen MR) is 134 cm³/mol. The summed E-state index contributed by atoms with van der Waals surface area (Å²) >= 11 is 4.66. The fraction of sp³-hybridized carbons (Fsp3) is 0.280. The molecular formula is C25H21BrFN5O2S. The Morgan fingerprint density at radius 2 is 2.11 bits per heavy atom. The maximum atomic E-state index is 13.8. The number of imidazole rings is 1. The van der Waals surface area contributed by atoms with Gasteiger partial charge in [-0.25, -0.2) is 14.4 Å². The smallest absolute Gasteiger partial charge is 0.274 e. The number of aryl methyl sites for hydroxylation is 1. The zero-order valence-corrected chi connectivity index (χ0v) is 21.1. The van der Waals surface area contributed by atoms with Crippen LogP contribution in [-0.2, 0) is 0 Å². The highest BCUT2D eigenvalue weighted by Crippen LogP contribution is 2.49. The number of nitrogens with one attached hydrogen (secondary N) is 1. The van der Waals surface area contributed by atoms with Crippen molar-refractivity contribution < 1.29 is 14.0 Å². The summed E-state index contributed by atoms with van der Waals surface area (Å²) < 4.78 is 15.9. The summed E-state index contributed by atoms with van der Waals surface area (Å²) in [4.78, 5) is 38.1. The quantitative estimate of drug-likeness (QED) is 0.388. The highest BCUT2D eigenvalue weighted by atomic mass is 79.9. The van der Waals surface area contributed by atoms with Crippen molar-refractivity contribution in [3.63, 3.8) is 0 Å². The minimum atomic E-state index is -0.356. The topological polar surface area (TPSA) is 79.6 Å². The normalized spacial score (nSPS) is 20.8. The van der Waals surface area contributed by atoms with Crippen molar-refractivity contribution in [3.05, 3.63) is 75.5 Å². The molecule has 10 heteroatoms. The largest absolute Gasteiger partial charge is 0.349 e. The summed E-state index contributed by atoms with van der Waals surface area (Å²) in [5.41, 5.74) is 2.30. The van der Waals surface area contributed by atoms with E-state index in [0.717, 1.165) is 28.3 Å². The number of nitrogens with zero attached hydrogens (tertiary/aromatic N) is 4. The van der Waals surface area contributed by atoms with Crippen molar-refractivity contribution in [2.45, 2.75) is 31.8 Å². The van der Waals surface area contributed by atoms with E-state index in [1.807, 2.05) is 30.0 Å². The number of piperidine rings is 1. The van der Waals surface area contributed by atoms with E-state index in [-0.39, 0.29) is 29.7 Å². The summed E-state index contributed by atoms with van der Waals surface area (Å²) in [5, 5.41) is 3.77. The van der Waals surface area contributed by atoms with E-state index in [2.05, 4.69) is 31.2 Å². The molecule has 4 aromatic rings. The standard InChI is InChI=1S/C25H21BrFN5O2S/c1-13-30-22(23(35-13)14-5-6-18(27)17(26)9-14)25(34)32-16(8-15-10-19(15)32)11-29-24(33)20-12-28-21-4-2-3-7-31(20)21/h2-7,9,12,15-16,19H,8,10-11H2,1H3,(H,29,33)/t15-,16+,19+/m1/s1. The van der Waals surface area contributed by atoms with E-state index in [4.69, 9.17) is 0 Å². The van der Waals surface area contributed by atoms with Crippen LogP contribution in [0, 0.1) is 18.7 Å². The highest BCUT2D eigenvalue weighted by Gasteiger charge is 2.54. The van der Waals surface area contributed by atoms with Crippen LogP contribution in [0.2, 0.25) is 0 Å². The first-order valence-electron chi connectivity index (χ1n) is 11.4. The van der Waals surface area contributed by atoms with Gasteiger partial charge in [-0.05, 0) is 71.4 Å². The van der Waals surface area contributed by atoms with E-state index in [1.54, 1.807) is 28.9 Å². The van der Waals surface area contributed by atoms with E-state index in [1.165, 1.54) is 17.4 Å². The summed E-state index contributed by atoms with van der Waals surface area (Å²) in [6.07, 6.45) is 5.19. The van der Waals surface area contributed by atoms with Crippen LogP contribution in [0.25, 0.3) is 16.1 Å². The minimum Gasteiger partial charge on any atom is -0.349 e. The van der Waals surface area contributed by atoms with Crippen LogP contribution in [0.15, 0.2) is 53.3 Å². The van der Waals surface area contributed by atoms with Gasteiger partial charge < -0.3 is 10.2 Å². The van der Waals surface area contributed by atoms with Crippen LogP contribution in [-0.4, -0.2) is 49.7 Å². The second-order valence-electron chi connectivity index (χ2n) is 8.99. The zero-order chi connectivity index (χ0) is 24.3. The number of carbonyl (C=O) groups excluding carboxylic acids is 2. The van der Waals surface area contributed by atoms with E-state index < -0.39 is 0 Å². The van der Waals surface area contributed by atoms with Crippen molar-refractivity contribution in [1.82, 2.24) is 24.6 Å². The SMILES string of the molecule is Cc1nc(C(=O)N2[C@H](CNC(=O)c3cnc4ccccn34)C[C@@H]3C[C@@H]32)c(-c2ccc(F)c(Br)c2)s1. The Kier molecular flexibility index (Phi) is 5.45. The summed E-state index contributed by atoms with van der Waals surface area (Å²) in [7, 11) is 0. The van der Waals surface area contributed by atoms with Gasteiger partial charge in [-0.1, -0.05) is 12.1 Å². The van der Waals surface area contributed by atoms with Gasteiger partial charge in [-0.3, -0.25) is 14.0 Å². The number of fused-ring (bicyclic) bond motifs is 2.